The Morgan fingerprint density at radius 3 is 2.79 bits per heavy atom. The van der Waals surface area contributed by atoms with Gasteiger partial charge in [-0.3, -0.25) is 4.79 Å². The van der Waals surface area contributed by atoms with Crippen molar-refractivity contribution in [3.05, 3.63) is 24.2 Å². The molecule has 19 heavy (non-hydrogen) atoms. The Hall–Kier alpha value is -1.29. The summed E-state index contributed by atoms with van der Waals surface area (Å²) < 4.78 is 10.8. The minimum absolute atomic E-state index is 0.0667. The van der Waals surface area contributed by atoms with Gasteiger partial charge in [-0.1, -0.05) is 12.8 Å². The van der Waals surface area contributed by atoms with Gasteiger partial charge < -0.3 is 14.1 Å². The molecule has 2 rings (SSSR count). The van der Waals surface area contributed by atoms with Crippen molar-refractivity contribution in [1.29, 1.82) is 0 Å². The van der Waals surface area contributed by atoms with Crippen LogP contribution in [0.3, 0.4) is 0 Å². The van der Waals surface area contributed by atoms with Gasteiger partial charge in [0.2, 0.25) is 5.91 Å². The molecule has 1 aromatic rings. The van der Waals surface area contributed by atoms with Crippen molar-refractivity contribution in [2.75, 3.05) is 6.61 Å². The highest BCUT2D eigenvalue weighted by atomic mass is 16.5. The van der Waals surface area contributed by atoms with Crippen molar-refractivity contribution in [3.63, 3.8) is 0 Å². The Morgan fingerprint density at radius 1 is 1.47 bits per heavy atom. The molecule has 0 radical (unpaired) electrons. The predicted molar refractivity (Wildman–Crippen MR) is 72.6 cm³/mol. The summed E-state index contributed by atoms with van der Waals surface area (Å²) in [5, 5.41) is 0. The molecule has 1 aromatic heterocycles. The first kappa shape index (κ1) is 14.1. The second kappa shape index (κ2) is 6.75. The van der Waals surface area contributed by atoms with E-state index >= 15 is 0 Å². The average molecular weight is 265 g/mol. The van der Waals surface area contributed by atoms with Crippen molar-refractivity contribution >= 4 is 5.91 Å². The number of furan rings is 1. The molecule has 1 aliphatic rings. The summed E-state index contributed by atoms with van der Waals surface area (Å²) in [6, 6.07) is 4.11. The van der Waals surface area contributed by atoms with Gasteiger partial charge in [0.25, 0.3) is 0 Å². The van der Waals surface area contributed by atoms with E-state index in [1.165, 1.54) is 12.8 Å². The van der Waals surface area contributed by atoms with Crippen LogP contribution in [0.5, 0.6) is 0 Å². The summed E-state index contributed by atoms with van der Waals surface area (Å²) in [4.78, 5) is 14.2. The number of nitrogens with zero attached hydrogens (tertiary/aromatic N) is 1. The standard InChI is InChI=1S/C15H23NO3/c1-12(2)19-11-15(17)16(13-6-3-4-7-13)10-14-8-5-9-18-14/h5,8-9,12-13H,3-4,6-7,10-11H2,1-2H3. The first-order valence-corrected chi connectivity index (χ1v) is 7.10. The number of carbonyl (C=O) groups excluding carboxylic acids is 1. The monoisotopic (exact) mass is 265 g/mol. The number of hydrogen-bond acceptors (Lipinski definition) is 3. The SMILES string of the molecule is CC(C)OCC(=O)N(Cc1ccco1)C1CCCC1. The summed E-state index contributed by atoms with van der Waals surface area (Å²) in [6.45, 7) is 4.60. The molecule has 0 spiro atoms. The quantitative estimate of drug-likeness (QED) is 0.794. The molecule has 1 saturated carbocycles. The zero-order chi connectivity index (χ0) is 13.7. The molecular weight excluding hydrogens is 242 g/mol. The number of hydrogen-bond donors (Lipinski definition) is 0. The van der Waals surface area contributed by atoms with E-state index in [2.05, 4.69) is 0 Å². The fourth-order valence-electron chi connectivity index (χ4n) is 2.53. The van der Waals surface area contributed by atoms with E-state index in [1.807, 2.05) is 30.9 Å². The Bertz CT molecular complexity index is 380. The highest BCUT2D eigenvalue weighted by Crippen LogP contribution is 2.25. The lowest BCUT2D eigenvalue weighted by molar-refractivity contribution is -0.140. The third kappa shape index (κ3) is 4.10. The number of carbonyl (C=O) groups is 1. The van der Waals surface area contributed by atoms with E-state index in [0.717, 1.165) is 18.6 Å². The van der Waals surface area contributed by atoms with E-state index in [1.54, 1.807) is 6.26 Å². The molecule has 1 fully saturated rings. The lowest BCUT2D eigenvalue weighted by Gasteiger charge is -2.28. The molecule has 0 bridgehead atoms. The van der Waals surface area contributed by atoms with E-state index in [4.69, 9.17) is 9.15 Å². The highest BCUT2D eigenvalue weighted by Gasteiger charge is 2.27. The van der Waals surface area contributed by atoms with Crippen LogP contribution in [0, 0.1) is 0 Å². The predicted octanol–water partition coefficient (Wildman–Crippen LogP) is 2.98. The highest BCUT2D eigenvalue weighted by molar-refractivity contribution is 5.77. The molecular formula is C15H23NO3. The normalized spacial score (nSPS) is 16.2. The van der Waals surface area contributed by atoms with Crippen molar-refractivity contribution in [1.82, 2.24) is 4.90 Å². The van der Waals surface area contributed by atoms with Gasteiger partial charge in [-0.25, -0.2) is 0 Å². The van der Waals surface area contributed by atoms with E-state index in [0.29, 0.717) is 12.6 Å². The van der Waals surface area contributed by atoms with Crippen molar-refractivity contribution in [2.24, 2.45) is 0 Å². The van der Waals surface area contributed by atoms with Crippen LogP contribution in [0.1, 0.15) is 45.3 Å². The lowest BCUT2D eigenvalue weighted by Crippen LogP contribution is -2.40. The van der Waals surface area contributed by atoms with Crippen LogP contribution in [-0.2, 0) is 16.1 Å². The molecule has 1 heterocycles. The Balaban J connectivity index is 1.98. The van der Waals surface area contributed by atoms with Crippen molar-refractivity contribution < 1.29 is 13.9 Å². The van der Waals surface area contributed by atoms with Crippen LogP contribution in [0.25, 0.3) is 0 Å². The van der Waals surface area contributed by atoms with Gasteiger partial charge in [0, 0.05) is 6.04 Å². The number of amides is 1. The molecule has 0 aliphatic heterocycles. The van der Waals surface area contributed by atoms with Gasteiger partial charge in [-0.2, -0.15) is 0 Å². The van der Waals surface area contributed by atoms with E-state index in [9.17, 15) is 4.79 Å². The lowest BCUT2D eigenvalue weighted by atomic mass is 10.2. The van der Waals surface area contributed by atoms with Gasteiger partial charge in [0.05, 0.1) is 18.9 Å². The third-order valence-electron chi connectivity index (χ3n) is 3.53. The first-order chi connectivity index (χ1) is 9.16. The Morgan fingerprint density at radius 2 is 2.21 bits per heavy atom. The summed E-state index contributed by atoms with van der Waals surface area (Å²) in [5.74, 6) is 0.904. The van der Waals surface area contributed by atoms with Crippen molar-refractivity contribution in [2.45, 2.75) is 58.2 Å². The number of ether oxygens (including phenoxy) is 1. The topological polar surface area (TPSA) is 42.7 Å². The maximum absolute atomic E-state index is 12.3. The fourth-order valence-corrected chi connectivity index (χ4v) is 2.53. The molecule has 1 aliphatic carbocycles. The fraction of sp³-hybridized carbons (Fsp3) is 0.667. The van der Waals surface area contributed by atoms with Gasteiger partial charge in [0.15, 0.2) is 0 Å². The number of rotatable bonds is 6. The maximum Gasteiger partial charge on any atom is 0.249 e. The van der Waals surface area contributed by atoms with Gasteiger partial charge in [-0.05, 0) is 38.8 Å². The molecule has 1 amide bonds. The largest absolute Gasteiger partial charge is 0.467 e. The second-order valence-electron chi connectivity index (χ2n) is 5.40. The summed E-state index contributed by atoms with van der Waals surface area (Å²) in [5.41, 5.74) is 0. The molecule has 4 nitrogen and oxygen atoms in total. The van der Waals surface area contributed by atoms with Crippen LogP contribution in [0.4, 0.5) is 0 Å². The summed E-state index contributed by atoms with van der Waals surface area (Å²) >= 11 is 0. The van der Waals surface area contributed by atoms with Gasteiger partial charge in [-0.15, -0.1) is 0 Å². The van der Waals surface area contributed by atoms with Gasteiger partial charge in [0.1, 0.15) is 12.4 Å². The third-order valence-corrected chi connectivity index (χ3v) is 3.53. The Labute approximate surface area is 114 Å². The smallest absolute Gasteiger partial charge is 0.249 e. The van der Waals surface area contributed by atoms with Gasteiger partial charge >= 0.3 is 0 Å². The van der Waals surface area contributed by atoms with Crippen LogP contribution in [0.15, 0.2) is 22.8 Å². The molecule has 0 aromatic carbocycles. The molecule has 0 atom stereocenters. The second-order valence-corrected chi connectivity index (χ2v) is 5.40. The van der Waals surface area contributed by atoms with E-state index in [-0.39, 0.29) is 18.6 Å². The van der Waals surface area contributed by atoms with E-state index < -0.39 is 0 Å². The summed E-state index contributed by atoms with van der Waals surface area (Å²) in [7, 11) is 0. The van der Waals surface area contributed by atoms with Crippen LogP contribution in [0.2, 0.25) is 0 Å². The van der Waals surface area contributed by atoms with Crippen LogP contribution < -0.4 is 0 Å². The zero-order valence-corrected chi connectivity index (χ0v) is 11.8. The Kier molecular flexibility index (Phi) is 5.02. The molecule has 0 N–H and O–H groups in total. The minimum atomic E-state index is 0.0667. The first-order valence-electron chi connectivity index (χ1n) is 7.10. The average Bonchev–Trinajstić information content (AvgIpc) is 3.05. The maximum atomic E-state index is 12.3. The molecule has 4 heteroatoms. The molecule has 0 unspecified atom stereocenters. The van der Waals surface area contributed by atoms with Crippen molar-refractivity contribution in [3.8, 4) is 0 Å². The zero-order valence-electron chi connectivity index (χ0n) is 11.8. The van der Waals surface area contributed by atoms with Crippen LogP contribution >= 0.6 is 0 Å². The summed E-state index contributed by atoms with van der Waals surface area (Å²) in [6.07, 6.45) is 6.33. The molecule has 0 saturated heterocycles. The minimum Gasteiger partial charge on any atom is -0.467 e. The van der Waals surface area contributed by atoms with Crippen LogP contribution in [-0.4, -0.2) is 29.6 Å². The molecule has 106 valence electrons.